The summed E-state index contributed by atoms with van der Waals surface area (Å²) in [5.74, 6) is -0.938. The number of hydrogen-bond acceptors (Lipinski definition) is 7. The van der Waals surface area contributed by atoms with Gasteiger partial charge in [0.05, 0.1) is 18.1 Å². The maximum Gasteiger partial charge on any atom is 0.340 e. The number of carbonyl (C=O) groups excluding carboxylic acids is 1. The molecule has 1 saturated heterocycles. The summed E-state index contributed by atoms with van der Waals surface area (Å²) in [7, 11) is -4.21. The van der Waals surface area contributed by atoms with E-state index in [-0.39, 0.29) is 18.1 Å². The number of cyclic esters (lactones) is 1. The van der Waals surface area contributed by atoms with Gasteiger partial charge in [-0.15, -0.1) is 0 Å². The molecule has 0 saturated carbocycles. The Morgan fingerprint density at radius 2 is 1.74 bits per heavy atom. The summed E-state index contributed by atoms with van der Waals surface area (Å²) in [6, 6.07) is 15.3. The first kappa shape index (κ1) is 19.5. The third kappa shape index (κ3) is 4.72. The van der Waals surface area contributed by atoms with E-state index in [9.17, 15) is 18.3 Å². The molecule has 2 aromatic rings. The van der Waals surface area contributed by atoms with Crippen LogP contribution >= 0.6 is 0 Å². The molecule has 7 nitrogen and oxygen atoms in total. The van der Waals surface area contributed by atoms with Crippen LogP contribution in [0.5, 0.6) is 0 Å². The van der Waals surface area contributed by atoms with Crippen molar-refractivity contribution < 1.29 is 32.0 Å². The van der Waals surface area contributed by atoms with Crippen molar-refractivity contribution in [2.24, 2.45) is 0 Å². The van der Waals surface area contributed by atoms with Crippen molar-refractivity contribution in [3.05, 3.63) is 65.7 Å². The van der Waals surface area contributed by atoms with Crippen LogP contribution in [0, 0.1) is 6.92 Å². The van der Waals surface area contributed by atoms with Crippen LogP contribution in [0.1, 0.15) is 11.1 Å². The van der Waals surface area contributed by atoms with E-state index in [1.54, 1.807) is 12.1 Å². The lowest BCUT2D eigenvalue weighted by Crippen LogP contribution is -2.37. The Balaban J connectivity index is 1.60. The Bertz CT molecular complexity index is 878. The van der Waals surface area contributed by atoms with E-state index in [1.807, 2.05) is 37.3 Å². The van der Waals surface area contributed by atoms with Gasteiger partial charge in [0, 0.05) is 0 Å². The van der Waals surface area contributed by atoms with Crippen molar-refractivity contribution in [1.82, 2.24) is 0 Å². The quantitative estimate of drug-likeness (QED) is 0.564. The van der Waals surface area contributed by atoms with Crippen molar-refractivity contribution in [3.8, 4) is 0 Å². The van der Waals surface area contributed by atoms with Gasteiger partial charge in [-0.25, -0.2) is 8.98 Å². The highest BCUT2D eigenvalue weighted by atomic mass is 32.2. The maximum absolute atomic E-state index is 12.3. The zero-order chi connectivity index (χ0) is 19.4. The van der Waals surface area contributed by atoms with Gasteiger partial charge in [-0.05, 0) is 24.6 Å². The Morgan fingerprint density at radius 3 is 2.41 bits per heavy atom. The largest absolute Gasteiger partial charge is 0.455 e. The Kier molecular flexibility index (Phi) is 5.91. The Labute approximate surface area is 157 Å². The second kappa shape index (κ2) is 8.18. The van der Waals surface area contributed by atoms with Gasteiger partial charge >= 0.3 is 5.97 Å². The van der Waals surface area contributed by atoms with Gasteiger partial charge in [0.2, 0.25) is 6.10 Å². The van der Waals surface area contributed by atoms with Crippen molar-refractivity contribution >= 4 is 16.1 Å². The minimum Gasteiger partial charge on any atom is -0.455 e. The fraction of sp³-hybridized carbons (Fsp3) is 0.316. The molecule has 0 bridgehead atoms. The summed E-state index contributed by atoms with van der Waals surface area (Å²) in [5.41, 5.74) is 1.80. The van der Waals surface area contributed by atoms with E-state index < -0.39 is 34.4 Å². The van der Waals surface area contributed by atoms with Gasteiger partial charge < -0.3 is 14.6 Å². The van der Waals surface area contributed by atoms with Gasteiger partial charge in [-0.2, -0.15) is 8.42 Å². The highest BCUT2D eigenvalue weighted by Crippen LogP contribution is 2.24. The van der Waals surface area contributed by atoms with Gasteiger partial charge in [-0.3, -0.25) is 0 Å². The molecule has 1 N–H and O–H groups in total. The van der Waals surface area contributed by atoms with E-state index in [4.69, 9.17) is 13.7 Å². The summed E-state index contributed by atoms with van der Waals surface area (Å²) in [6.07, 6.45) is -4.07. The molecule has 0 spiro atoms. The number of carbonyl (C=O) groups is 1. The Morgan fingerprint density at radius 1 is 1.07 bits per heavy atom. The third-order valence-corrected chi connectivity index (χ3v) is 5.43. The highest BCUT2D eigenvalue weighted by molar-refractivity contribution is 7.86. The minimum atomic E-state index is -4.21. The predicted molar refractivity (Wildman–Crippen MR) is 95.2 cm³/mol. The third-order valence-electron chi connectivity index (χ3n) is 4.12. The van der Waals surface area contributed by atoms with E-state index in [1.165, 1.54) is 12.1 Å². The molecular weight excluding hydrogens is 372 g/mol. The van der Waals surface area contributed by atoms with E-state index in [0.717, 1.165) is 11.1 Å². The van der Waals surface area contributed by atoms with Crippen molar-refractivity contribution in [3.63, 3.8) is 0 Å². The van der Waals surface area contributed by atoms with E-state index >= 15 is 0 Å². The van der Waals surface area contributed by atoms with Crippen LogP contribution in [0.2, 0.25) is 0 Å². The summed E-state index contributed by atoms with van der Waals surface area (Å²) in [6.45, 7) is 2.01. The fourth-order valence-corrected chi connectivity index (χ4v) is 3.66. The molecule has 1 aliphatic heterocycles. The molecule has 1 heterocycles. The fourth-order valence-electron chi connectivity index (χ4n) is 2.61. The number of rotatable bonds is 7. The molecule has 144 valence electrons. The van der Waals surface area contributed by atoms with Crippen LogP contribution < -0.4 is 0 Å². The van der Waals surface area contributed by atoms with Crippen molar-refractivity contribution in [1.29, 1.82) is 0 Å². The summed E-state index contributed by atoms with van der Waals surface area (Å²) < 4.78 is 40.1. The molecule has 8 heteroatoms. The number of aryl methyl sites for hydroxylation is 1. The number of benzene rings is 2. The topological polar surface area (TPSA) is 99.1 Å². The van der Waals surface area contributed by atoms with Gasteiger partial charge in [0.15, 0.2) is 6.10 Å². The van der Waals surface area contributed by atoms with Crippen molar-refractivity contribution in [2.75, 3.05) is 6.61 Å². The number of esters is 1. The lowest BCUT2D eigenvalue weighted by Gasteiger charge is -2.16. The molecule has 0 amide bonds. The first-order valence-electron chi connectivity index (χ1n) is 8.37. The first-order valence-corrected chi connectivity index (χ1v) is 9.78. The number of hydrogen-bond donors (Lipinski definition) is 1. The number of aliphatic hydroxyl groups is 1. The highest BCUT2D eigenvalue weighted by Gasteiger charge is 2.47. The van der Waals surface area contributed by atoms with Crippen LogP contribution in [-0.4, -0.2) is 44.4 Å². The normalized spacial score (nSPS) is 22.6. The molecule has 3 rings (SSSR count). The standard InChI is InChI=1S/C19H20O7S/c1-13-7-9-15(10-8-13)27(22,23)26-18-17(20)16(25-19(18)21)12-24-11-14-5-3-2-4-6-14/h2-10,16-18,20H,11-12H2,1H3/t16-,17-,18-/m0/s1. The molecule has 1 aliphatic rings. The number of ether oxygens (including phenoxy) is 2. The molecule has 27 heavy (non-hydrogen) atoms. The van der Waals surface area contributed by atoms with Crippen LogP contribution in [0.4, 0.5) is 0 Å². The van der Waals surface area contributed by atoms with E-state index in [0.29, 0.717) is 0 Å². The second-order valence-corrected chi connectivity index (χ2v) is 7.82. The Hall–Kier alpha value is -2.26. The molecule has 0 aromatic heterocycles. The smallest absolute Gasteiger partial charge is 0.340 e. The minimum absolute atomic E-state index is 0.0771. The van der Waals surface area contributed by atoms with Crippen molar-refractivity contribution in [2.45, 2.75) is 36.7 Å². The molecule has 2 aromatic carbocycles. The van der Waals surface area contributed by atoms with Gasteiger partial charge in [0.25, 0.3) is 10.1 Å². The van der Waals surface area contributed by atoms with Gasteiger partial charge in [0.1, 0.15) is 6.10 Å². The SMILES string of the molecule is Cc1ccc(S(=O)(=O)O[C@@H]2C(=O)O[C@@H](COCc3ccccc3)[C@@H]2O)cc1. The zero-order valence-electron chi connectivity index (χ0n) is 14.6. The monoisotopic (exact) mass is 392 g/mol. The molecule has 3 atom stereocenters. The average molecular weight is 392 g/mol. The zero-order valence-corrected chi connectivity index (χ0v) is 15.5. The maximum atomic E-state index is 12.3. The van der Waals surface area contributed by atoms with Crippen LogP contribution in [-0.2, 0) is 35.2 Å². The predicted octanol–water partition coefficient (Wildman–Crippen LogP) is 1.57. The molecule has 0 aliphatic carbocycles. The summed E-state index contributed by atoms with van der Waals surface area (Å²) in [4.78, 5) is 11.9. The first-order chi connectivity index (χ1) is 12.9. The lowest BCUT2D eigenvalue weighted by molar-refractivity contribution is -0.148. The molecule has 0 unspecified atom stereocenters. The van der Waals surface area contributed by atoms with E-state index in [2.05, 4.69) is 0 Å². The molecule has 0 radical (unpaired) electrons. The summed E-state index contributed by atoms with van der Waals surface area (Å²) in [5, 5.41) is 10.3. The lowest BCUT2D eigenvalue weighted by atomic mass is 10.1. The molecular formula is C19H20O7S. The van der Waals surface area contributed by atoms with Crippen LogP contribution in [0.3, 0.4) is 0 Å². The second-order valence-electron chi connectivity index (χ2n) is 6.25. The number of aliphatic hydroxyl groups excluding tert-OH is 1. The summed E-state index contributed by atoms with van der Waals surface area (Å²) >= 11 is 0. The van der Waals surface area contributed by atoms with Gasteiger partial charge in [-0.1, -0.05) is 48.0 Å². The van der Waals surface area contributed by atoms with Crippen LogP contribution in [0.15, 0.2) is 59.5 Å². The average Bonchev–Trinajstić information content (AvgIpc) is 2.90. The molecule has 1 fully saturated rings. The van der Waals surface area contributed by atoms with Crippen LogP contribution in [0.25, 0.3) is 0 Å².